The average Bonchev–Trinajstić information content (AvgIpc) is 2.43. The fourth-order valence-corrected chi connectivity index (χ4v) is 1.40. The molecule has 2 N–H and O–H groups in total. The number of nitrogens with zero attached hydrogens (tertiary/aromatic N) is 1. The number of carbonyl (C=O) groups excluding carboxylic acids is 3. The Balaban J connectivity index is 2.66. The van der Waals surface area contributed by atoms with Crippen LogP contribution in [0.2, 0.25) is 0 Å². The van der Waals surface area contributed by atoms with Crippen LogP contribution in [0.5, 0.6) is 0 Å². The van der Waals surface area contributed by atoms with Gasteiger partial charge in [0.1, 0.15) is 6.61 Å². The van der Waals surface area contributed by atoms with E-state index < -0.39 is 17.9 Å². The largest absolute Gasteiger partial charge is 0.460 e. The molecule has 0 fully saturated rings. The molecule has 0 radical (unpaired) electrons. The van der Waals surface area contributed by atoms with Crippen molar-refractivity contribution in [2.24, 2.45) is 5.73 Å². The molecule has 0 spiro atoms. The highest BCUT2D eigenvalue weighted by Gasteiger charge is 2.20. The second kappa shape index (κ2) is 7.08. The lowest BCUT2D eigenvalue weighted by molar-refractivity contribution is -0.139. The molecule has 3 amide bonds. The predicted molar refractivity (Wildman–Crippen MR) is 72.8 cm³/mol. The minimum absolute atomic E-state index is 0.109. The normalized spacial score (nSPS) is 9.65. The lowest BCUT2D eigenvalue weighted by atomic mass is 10.2. The van der Waals surface area contributed by atoms with Gasteiger partial charge in [0.25, 0.3) is 5.91 Å². The summed E-state index contributed by atoms with van der Waals surface area (Å²) in [6, 6.07) is 7.34. The van der Waals surface area contributed by atoms with E-state index in [9.17, 15) is 14.4 Å². The van der Waals surface area contributed by atoms with E-state index in [1.165, 1.54) is 6.92 Å². The Labute approximate surface area is 116 Å². The summed E-state index contributed by atoms with van der Waals surface area (Å²) >= 11 is 0. The number of nitrogens with two attached hydrogens (primary N) is 1. The van der Waals surface area contributed by atoms with Crippen molar-refractivity contribution in [3.05, 3.63) is 48.0 Å². The molecule has 0 saturated heterocycles. The first-order valence-corrected chi connectivity index (χ1v) is 5.92. The molecule has 1 aromatic rings. The van der Waals surface area contributed by atoms with Gasteiger partial charge in [0.05, 0.1) is 6.54 Å². The number of urea groups is 1. The maximum atomic E-state index is 12.1. The summed E-state index contributed by atoms with van der Waals surface area (Å²) in [5.41, 5.74) is 5.73. The summed E-state index contributed by atoms with van der Waals surface area (Å²) in [6.07, 6.45) is 0. The van der Waals surface area contributed by atoms with Crippen molar-refractivity contribution in [1.29, 1.82) is 0 Å². The number of imide groups is 1. The minimum Gasteiger partial charge on any atom is -0.460 e. The molecule has 20 heavy (non-hydrogen) atoms. The van der Waals surface area contributed by atoms with Crippen LogP contribution in [0.4, 0.5) is 4.79 Å². The maximum Gasteiger partial charge on any atom is 0.333 e. The SMILES string of the molecule is C=C(C)C(=O)OCCN(C(N)=O)C(=O)c1ccccc1. The number of carbonyl (C=O) groups is 3. The molecule has 0 unspecified atom stereocenters. The standard InChI is InChI=1S/C14H16N2O4/c1-10(2)13(18)20-9-8-16(14(15)19)12(17)11-6-4-3-5-7-11/h3-7H,1,8-9H2,2H3,(H2,15,19). The Morgan fingerprint density at radius 2 is 1.85 bits per heavy atom. The minimum atomic E-state index is -0.898. The van der Waals surface area contributed by atoms with E-state index >= 15 is 0 Å². The van der Waals surface area contributed by atoms with Crippen LogP contribution >= 0.6 is 0 Å². The van der Waals surface area contributed by atoms with Crippen molar-refractivity contribution >= 4 is 17.9 Å². The van der Waals surface area contributed by atoms with Gasteiger partial charge in [-0.05, 0) is 19.1 Å². The van der Waals surface area contributed by atoms with E-state index in [1.54, 1.807) is 30.3 Å². The molecule has 0 aliphatic rings. The summed E-state index contributed by atoms with van der Waals surface area (Å²) in [5.74, 6) is -1.12. The second-order valence-electron chi connectivity index (χ2n) is 4.08. The van der Waals surface area contributed by atoms with Gasteiger partial charge in [-0.1, -0.05) is 24.8 Å². The van der Waals surface area contributed by atoms with Gasteiger partial charge in [0.2, 0.25) is 0 Å². The number of amides is 3. The average molecular weight is 276 g/mol. The predicted octanol–water partition coefficient (Wildman–Crippen LogP) is 1.33. The molecule has 6 heteroatoms. The first-order valence-electron chi connectivity index (χ1n) is 5.92. The van der Waals surface area contributed by atoms with Crippen LogP contribution in [0.25, 0.3) is 0 Å². The van der Waals surface area contributed by atoms with Crippen molar-refractivity contribution in [3.8, 4) is 0 Å². The molecular weight excluding hydrogens is 260 g/mol. The zero-order valence-electron chi connectivity index (χ0n) is 11.2. The van der Waals surface area contributed by atoms with E-state index in [4.69, 9.17) is 10.5 Å². The fraction of sp³-hybridized carbons (Fsp3) is 0.214. The molecule has 0 atom stereocenters. The molecule has 0 heterocycles. The molecule has 1 aromatic carbocycles. The lowest BCUT2D eigenvalue weighted by Crippen LogP contribution is -2.42. The van der Waals surface area contributed by atoms with Gasteiger partial charge >= 0.3 is 12.0 Å². The Morgan fingerprint density at radius 3 is 2.35 bits per heavy atom. The number of primary amides is 1. The third-order valence-corrected chi connectivity index (χ3v) is 2.43. The van der Waals surface area contributed by atoms with Gasteiger partial charge in [-0.25, -0.2) is 9.59 Å². The molecule has 0 aliphatic carbocycles. The fourth-order valence-electron chi connectivity index (χ4n) is 1.40. The van der Waals surface area contributed by atoms with Gasteiger partial charge in [-0.3, -0.25) is 9.69 Å². The summed E-state index contributed by atoms with van der Waals surface area (Å²) in [7, 11) is 0. The Kier molecular flexibility index (Phi) is 5.46. The highest BCUT2D eigenvalue weighted by atomic mass is 16.5. The smallest absolute Gasteiger partial charge is 0.333 e. The van der Waals surface area contributed by atoms with Crippen LogP contribution in [-0.4, -0.2) is 36.0 Å². The number of benzene rings is 1. The van der Waals surface area contributed by atoms with Gasteiger partial charge in [0.15, 0.2) is 0 Å². The van der Waals surface area contributed by atoms with E-state index in [-0.39, 0.29) is 18.7 Å². The quantitative estimate of drug-likeness (QED) is 0.649. The number of esters is 1. The van der Waals surface area contributed by atoms with Crippen LogP contribution in [0.15, 0.2) is 42.5 Å². The van der Waals surface area contributed by atoms with E-state index in [0.717, 1.165) is 4.90 Å². The second-order valence-corrected chi connectivity index (χ2v) is 4.08. The van der Waals surface area contributed by atoms with Crippen LogP contribution in [0.3, 0.4) is 0 Å². The molecule has 6 nitrogen and oxygen atoms in total. The van der Waals surface area contributed by atoms with Gasteiger partial charge < -0.3 is 10.5 Å². The number of rotatable bonds is 5. The van der Waals surface area contributed by atoms with Crippen molar-refractivity contribution in [3.63, 3.8) is 0 Å². The van der Waals surface area contributed by atoms with E-state index in [0.29, 0.717) is 5.56 Å². The molecule has 0 saturated carbocycles. The maximum absolute atomic E-state index is 12.1. The Morgan fingerprint density at radius 1 is 1.25 bits per heavy atom. The van der Waals surface area contributed by atoms with Crippen LogP contribution in [0.1, 0.15) is 17.3 Å². The summed E-state index contributed by atoms with van der Waals surface area (Å²) in [4.78, 5) is 35.4. The highest BCUT2D eigenvalue weighted by molar-refractivity contribution is 6.03. The number of hydrogen-bond acceptors (Lipinski definition) is 4. The van der Waals surface area contributed by atoms with Crippen LogP contribution < -0.4 is 5.73 Å². The monoisotopic (exact) mass is 276 g/mol. The Hall–Kier alpha value is -2.63. The third kappa shape index (κ3) is 4.24. The summed E-state index contributed by atoms with van der Waals surface area (Å²) in [6.45, 7) is 4.69. The highest BCUT2D eigenvalue weighted by Crippen LogP contribution is 2.05. The molecular formula is C14H16N2O4. The van der Waals surface area contributed by atoms with Gasteiger partial charge in [0, 0.05) is 11.1 Å². The first-order chi connectivity index (χ1) is 9.43. The first kappa shape index (κ1) is 15.4. The molecule has 0 aliphatic heterocycles. The van der Waals surface area contributed by atoms with E-state index in [1.807, 2.05) is 0 Å². The lowest BCUT2D eigenvalue weighted by Gasteiger charge is -2.18. The van der Waals surface area contributed by atoms with Crippen LogP contribution in [0, 0.1) is 0 Å². The zero-order chi connectivity index (χ0) is 15.1. The molecule has 106 valence electrons. The van der Waals surface area contributed by atoms with Gasteiger partial charge in [-0.2, -0.15) is 0 Å². The van der Waals surface area contributed by atoms with Crippen molar-refractivity contribution in [1.82, 2.24) is 4.90 Å². The zero-order valence-corrected chi connectivity index (χ0v) is 11.2. The van der Waals surface area contributed by atoms with E-state index in [2.05, 4.69) is 6.58 Å². The third-order valence-electron chi connectivity index (χ3n) is 2.43. The number of hydrogen-bond donors (Lipinski definition) is 1. The van der Waals surface area contributed by atoms with Crippen molar-refractivity contribution in [2.45, 2.75) is 6.92 Å². The summed E-state index contributed by atoms with van der Waals surface area (Å²) < 4.78 is 4.83. The number of ether oxygens (including phenoxy) is 1. The molecule has 1 rings (SSSR count). The topological polar surface area (TPSA) is 89.7 Å². The summed E-state index contributed by atoms with van der Waals surface area (Å²) in [5, 5.41) is 0. The van der Waals surface area contributed by atoms with Crippen molar-refractivity contribution in [2.75, 3.05) is 13.2 Å². The van der Waals surface area contributed by atoms with Gasteiger partial charge in [-0.15, -0.1) is 0 Å². The molecule has 0 aromatic heterocycles. The Bertz CT molecular complexity index is 525. The van der Waals surface area contributed by atoms with Crippen LogP contribution in [-0.2, 0) is 9.53 Å². The van der Waals surface area contributed by atoms with Crippen molar-refractivity contribution < 1.29 is 19.1 Å². The molecule has 0 bridgehead atoms.